The highest BCUT2D eigenvalue weighted by Crippen LogP contribution is 2.13. The first-order valence-electron chi connectivity index (χ1n) is 5.04. The van der Waals surface area contributed by atoms with Crippen molar-refractivity contribution in [3.05, 3.63) is 24.3 Å². The molecule has 12 heavy (non-hydrogen) atoms. The van der Waals surface area contributed by atoms with Crippen molar-refractivity contribution in [3.8, 4) is 0 Å². The Labute approximate surface area is 77.4 Å². The standard InChI is InChI=1S/C12H22/c1-5-11(3)9-7-8-10-12(4)6-2/h3-10H2,1-2H3. The lowest BCUT2D eigenvalue weighted by Crippen LogP contribution is -1.83. The summed E-state index contributed by atoms with van der Waals surface area (Å²) < 4.78 is 0. The summed E-state index contributed by atoms with van der Waals surface area (Å²) in [5.41, 5.74) is 2.77. The van der Waals surface area contributed by atoms with Crippen molar-refractivity contribution in [2.75, 3.05) is 0 Å². The average molecular weight is 166 g/mol. The van der Waals surface area contributed by atoms with Gasteiger partial charge in [-0.15, -0.1) is 0 Å². The maximum Gasteiger partial charge on any atom is -0.0323 e. The Bertz CT molecular complexity index is 124. The van der Waals surface area contributed by atoms with Crippen LogP contribution in [-0.2, 0) is 0 Å². The fourth-order valence-electron chi connectivity index (χ4n) is 1.10. The Morgan fingerprint density at radius 3 is 1.42 bits per heavy atom. The first kappa shape index (κ1) is 11.5. The molecule has 0 spiro atoms. The molecule has 0 bridgehead atoms. The molecule has 0 unspecified atom stereocenters. The third-order valence-electron chi connectivity index (χ3n) is 2.31. The summed E-state index contributed by atoms with van der Waals surface area (Å²) >= 11 is 0. The molecule has 0 aliphatic heterocycles. The van der Waals surface area contributed by atoms with E-state index in [2.05, 4.69) is 27.0 Å². The molecule has 0 nitrogen and oxygen atoms in total. The van der Waals surface area contributed by atoms with Crippen molar-refractivity contribution < 1.29 is 0 Å². The van der Waals surface area contributed by atoms with Gasteiger partial charge in [0.15, 0.2) is 0 Å². The van der Waals surface area contributed by atoms with E-state index in [1.807, 2.05) is 0 Å². The van der Waals surface area contributed by atoms with Crippen LogP contribution in [0.3, 0.4) is 0 Å². The topological polar surface area (TPSA) is 0 Å². The predicted octanol–water partition coefficient (Wildman–Crippen LogP) is 4.48. The van der Waals surface area contributed by atoms with E-state index in [0.717, 1.165) is 12.8 Å². The molecule has 0 aliphatic carbocycles. The van der Waals surface area contributed by atoms with Crippen molar-refractivity contribution in [2.24, 2.45) is 0 Å². The Kier molecular flexibility index (Phi) is 6.84. The van der Waals surface area contributed by atoms with Gasteiger partial charge in [0, 0.05) is 0 Å². The van der Waals surface area contributed by atoms with Crippen molar-refractivity contribution in [1.82, 2.24) is 0 Å². The summed E-state index contributed by atoms with van der Waals surface area (Å²) in [5, 5.41) is 0. The molecule has 0 atom stereocenters. The van der Waals surface area contributed by atoms with Crippen LogP contribution in [0.4, 0.5) is 0 Å². The van der Waals surface area contributed by atoms with Crippen molar-refractivity contribution >= 4 is 0 Å². The Morgan fingerprint density at radius 1 is 0.833 bits per heavy atom. The van der Waals surface area contributed by atoms with Crippen LogP contribution in [0.25, 0.3) is 0 Å². The molecule has 0 aromatic rings. The molecular formula is C12H22. The van der Waals surface area contributed by atoms with Gasteiger partial charge in [0.25, 0.3) is 0 Å². The van der Waals surface area contributed by atoms with Crippen LogP contribution in [0.1, 0.15) is 52.4 Å². The molecule has 0 amide bonds. The Balaban J connectivity index is 3.21. The molecule has 0 heterocycles. The van der Waals surface area contributed by atoms with Crippen LogP contribution in [0, 0.1) is 0 Å². The second-order valence-electron chi connectivity index (χ2n) is 3.41. The van der Waals surface area contributed by atoms with Gasteiger partial charge in [0.05, 0.1) is 0 Å². The van der Waals surface area contributed by atoms with E-state index in [9.17, 15) is 0 Å². The normalized spacial score (nSPS) is 9.83. The summed E-state index contributed by atoms with van der Waals surface area (Å²) in [5.74, 6) is 0. The lowest BCUT2D eigenvalue weighted by molar-refractivity contribution is 0.705. The van der Waals surface area contributed by atoms with E-state index in [1.165, 1.54) is 36.8 Å². The maximum absolute atomic E-state index is 3.99. The first-order valence-corrected chi connectivity index (χ1v) is 5.04. The van der Waals surface area contributed by atoms with Gasteiger partial charge >= 0.3 is 0 Å². The largest absolute Gasteiger partial charge is 0.0999 e. The highest BCUT2D eigenvalue weighted by atomic mass is 14.0. The van der Waals surface area contributed by atoms with E-state index >= 15 is 0 Å². The van der Waals surface area contributed by atoms with E-state index in [0.29, 0.717) is 0 Å². The quantitative estimate of drug-likeness (QED) is 0.386. The van der Waals surface area contributed by atoms with Crippen LogP contribution in [0.15, 0.2) is 24.3 Å². The summed E-state index contributed by atoms with van der Waals surface area (Å²) in [4.78, 5) is 0. The fourth-order valence-corrected chi connectivity index (χ4v) is 1.10. The highest BCUT2D eigenvalue weighted by Gasteiger charge is 1.93. The third-order valence-corrected chi connectivity index (χ3v) is 2.31. The third kappa shape index (κ3) is 6.21. The lowest BCUT2D eigenvalue weighted by atomic mass is 10.0. The van der Waals surface area contributed by atoms with Gasteiger partial charge in [0.2, 0.25) is 0 Å². The van der Waals surface area contributed by atoms with Crippen LogP contribution >= 0.6 is 0 Å². The summed E-state index contributed by atoms with van der Waals surface area (Å²) in [6.07, 6.45) is 7.24. The van der Waals surface area contributed by atoms with Crippen molar-refractivity contribution in [3.63, 3.8) is 0 Å². The number of rotatable bonds is 7. The Hall–Kier alpha value is -0.520. The van der Waals surface area contributed by atoms with Crippen LogP contribution in [0.5, 0.6) is 0 Å². The molecule has 0 heteroatoms. The summed E-state index contributed by atoms with van der Waals surface area (Å²) in [7, 11) is 0. The molecule has 0 saturated heterocycles. The molecule has 0 N–H and O–H groups in total. The van der Waals surface area contributed by atoms with Gasteiger partial charge in [0.1, 0.15) is 0 Å². The van der Waals surface area contributed by atoms with Gasteiger partial charge in [-0.05, 0) is 38.5 Å². The van der Waals surface area contributed by atoms with Gasteiger partial charge < -0.3 is 0 Å². The van der Waals surface area contributed by atoms with Gasteiger partial charge in [-0.25, -0.2) is 0 Å². The second kappa shape index (κ2) is 7.15. The molecule has 0 saturated carbocycles. The van der Waals surface area contributed by atoms with Crippen LogP contribution < -0.4 is 0 Å². The molecule has 0 aliphatic rings. The molecule has 70 valence electrons. The molecule has 0 aromatic carbocycles. The van der Waals surface area contributed by atoms with E-state index in [1.54, 1.807) is 0 Å². The molecule has 0 fully saturated rings. The molecular weight excluding hydrogens is 144 g/mol. The van der Waals surface area contributed by atoms with Gasteiger partial charge in [-0.2, -0.15) is 0 Å². The minimum Gasteiger partial charge on any atom is -0.0999 e. The molecule has 0 aromatic heterocycles. The van der Waals surface area contributed by atoms with E-state index < -0.39 is 0 Å². The predicted molar refractivity (Wildman–Crippen MR) is 57.3 cm³/mol. The SMILES string of the molecule is C=C(CC)CCCCC(=C)CC. The Morgan fingerprint density at radius 2 is 1.17 bits per heavy atom. The minimum atomic E-state index is 1.13. The lowest BCUT2D eigenvalue weighted by Gasteiger charge is -2.03. The number of hydrogen-bond acceptors (Lipinski definition) is 0. The summed E-state index contributed by atoms with van der Waals surface area (Å²) in [6.45, 7) is 12.3. The second-order valence-corrected chi connectivity index (χ2v) is 3.41. The van der Waals surface area contributed by atoms with Gasteiger partial charge in [-0.1, -0.05) is 38.2 Å². The van der Waals surface area contributed by atoms with E-state index in [-0.39, 0.29) is 0 Å². The zero-order chi connectivity index (χ0) is 9.40. The smallest absolute Gasteiger partial charge is 0.0323 e. The zero-order valence-electron chi connectivity index (χ0n) is 8.66. The number of allylic oxidation sites excluding steroid dienone is 2. The first-order chi connectivity index (χ1) is 5.70. The van der Waals surface area contributed by atoms with Crippen LogP contribution in [-0.4, -0.2) is 0 Å². The maximum atomic E-state index is 3.99. The van der Waals surface area contributed by atoms with E-state index in [4.69, 9.17) is 0 Å². The van der Waals surface area contributed by atoms with Gasteiger partial charge in [-0.3, -0.25) is 0 Å². The van der Waals surface area contributed by atoms with Crippen molar-refractivity contribution in [1.29, 1.82) is 0 Å². The zero-order valence-corrected chi connectivity index (χ0v) is 8.66. The molecule has 0 rings (SSSR count). The monoisotopic (exact) mass is 166 g/mol. The molecule has 0 radical (unpaired) electrons. The minimum absolute atomic E-state index is 1.13. The average Bonchev–Trinajstić information content (AvgIpc) is 2.11. The van der Waals surface area contributed by atoms with Crippen LogP contribution in [0.2, 0.25) is 0 Å². The summed E-state index contributed by atoms with van der Waals surface area (Å²) in [6, 6.07) is 0. The number of hydrogen-bond donors (Lipinski definition) is 0. The highest BCUT2D eigenvalue weighted by molar-refractivity contribution is 4.94. The number of unbranched alkanes of at least 4 members (excludes halogenated alkanes) is 1. The fraction of sp³-hybridized carbons (Fsp3) is 0.667. The van der Waals surface area contributed by atoms with Crippen molar-refractivity contribution in [2.45, 2.75) is 52.4 Å².